The Balaban J connectivity index is 1.60. The standard InChI is InChI=1S/C24H32N2O3/c1-25(11-3-4-12-27)24(28)19-6-8-23-21(16-19)20-15-18(5-7-22(20)26(23)2)17-9-13-29-14-10-17/h6,8,12,16-18H,3-5,7,9-11,13-15H2,1-2H3/t18-/m1/s1. The molecule has 156 valence electrons. The molecule has 4 rings (SSSR count). The van der Waals surface area contributed by atoms with Crippen molar-refractivity contribution in [3.05, 3.63) is 35.0 Å². The average Bonchev–Trinajstić information content (AvgIpc) is 3.05. The van der Waals surface area contributed by atoms with E-state index in [0.29, 0.717) is 19.4 Å². The first kappa shape index (κ1) is 20.1. The predicted octanol–water partition coefficient (Wildman–Crippen LogP) is 3.76. The van der Waals surface area contributed by atoms with E-state index in [2.05, 4.69) is 23.7 Å². The number of aryl methyl sites for hydroxylation is 1. The second-order valence-corrected chi connectivity index (χ2v) is 8.70. The van der Waals surface area contributed by atoms with Crippen molar-refractivity contribution >= 4 is 23.1 Å². The van der Waals surface area contributed by atoms with Gasteiger partial charge in [-0.25, -0.2) is 0 Å². The molecule has 0 spiro atoms. The van der Waals surface area contributed by atoms with Crippen molar-refractivity contribution in [2.45, 2.75) is 44.9 Å². The van der Waals surface area contributed by atoms with Crippen molar-refractivity contribution in [2.24, 2.45) is 18.9 Å². The third-order valence-electron chi connectivity index (χ3n) is 7.00. The van der Waals surface area contributed by atoms with Crippen LogP contribution in [-0.4, -0.2) is 48.5 Å². The minimum Gasteiger partial charge on any atom is -0.381 e. The summed E-state index contributed by atoms with van der Waals surface area (Å²) >= 11 is 0. The molecule has 2 aliphatic rings. The van der Waals surface area contributed by atoms with E-state index in [4.69, 9.17) is 4.74 Å². The van der Waals surface area contributed by atoms with Crippen LogP contribution in [0.4, 0.5) is 0 Å². The molecular weight excluding hydrogens is 364 g/mol. The summed E-state index contributed by atoms with van der Waals surface area (Å²) in [5, 5.41) is 1.24. The lowest BCUT2D eigenvalue weighted by Gasteiger charge is -2.33. The highest BCUT2D eigenvalue weighted by atomic mass is 16.5. The molecule has 0 unspecified atom stereocenters. The largest absolute Gasteiger partial charge is 0.381 e. The summed E-state index contributed by atoms with van der Waals surface area (Å²) in [7, 11) is 3.97. The second kappa shape index (κ2) is 8.70. The number of benzene rings is 1. The zero-order chi connectivity index (χ0) is 20.4. The molecule has 1 aliphatic heterocycles. The number of aldehydes is 1. The van der Waals surface area contributed by atoms with E-state index in [-0.39, 0.29) is 5.91 Å². The number of hydrogen-bond acceptors (Lipinski definition) is 3. The zero-order valence-corrected chi connectivity index (χ0v) is 17.7. The van der Waals surface area contributed by atoms with Gasteiger partial charge in [0, 0.05) is 62.4 Å². The van der Waals surface area contributed by atoms with Gasteiger partial charge in [-0.1, -0.05) is 0 Å². The first-order valence-electron chi connectivity index (χ1n) is 11.0. The van der Waals surface area contributed by atoms with Gasteiger partial charge in [-0.05, 0) is 74.1 Å². The van der Waals surface area contributed by atoms with Gasteiger partial charge in [-0.3, -0.25) is 4.79 Å². The van der Waals surface area contributed by atoms with Gasteiger partial charge in [0.15, 0.2) is 0 Å². The quantitative estimate of drug-likeness (QED) is 0.552. The molecule has 2 aromatic rings. The summed E-state index contributed by atoms with van der Waals surface area (Å²) in [5.74, 6) is 1.52. The van der Waals surface area contributed by atoms with Crippen molar-refractivity contribution in [2.75, 3.05) is 26.8 Å². The lowest BCUT2D eigenvalue weighted by Crippen LogP contribution is -2.28. The molecule has 0 bridgehead atoms. The Kier molecular flexibility index (Phi) is 6.04. The molecule has 0 saturated carbocycles. The molecule has 1 fully saturated rings. The number of nitrogens with zero attached hydrogens (tertiary/aromatic N) is 2. The average molecular weight is 397 g/mol. The van der Waals surface area contributed by atoms with Crippen molar-refractivity contribution in [1.82, 2.24) is 9.47 Å². The fourth-order valence-corrected chi connectivity index (χ4v) is 5.26. The molecule has 2 heterocycles. The monoisotopic (exact) mass is 396 g/mol. The number of ether oxygens (including phenoxy) is 1. The van der Waals surface area contributed by atoms with Crippen molar-refractivity contribution in [3.8, 4) is 0 Å². The highest BCUT2D eigenvalue weighted by Crippen LogP contribution is 2.39. The van der Waals surface area contributed by atoms with E-state index < -0.39 is 0 Å². The van der Waals surface area contributed by atoms with Crippen molar-refractivity contribution in [3.63, 3.8) is 0 Å². The summed E-state index contributed by atoms with van der Waals surface area (Å²) in [5.41, 5.74) is 4.85. The van der Waals surface area contributed by atoms with Gasteiger partial charge >= 0.3 is 0 Å². The summed E-state index contributed by atoms with van der Waals surface area (Å²) < 4.78 is 7.89. The molecule has 1 aromatic carbocycles. The van der Waals surface area contributed by atoms with E-state index in [0.717, 1.165) is 49.7 Å². The number of unbranched alkanes of at least 4 members (excludes halogenated alkanes) is 1. The van der Waals surface area contributed by atoms with Gasteiger partial charge in [0.2, 0.25) is 0 Å². The Bertz CT molecular complexity index is 895. The number of rotatable bonds is 6. The Labute approximate surface area is 173 Å². The maximum atomic E-state index is 12.9. The Morgan fingerprint density at radius 2 is 2.03 bits per heavy atom. The molecule has 5 heteroatoms. The van der Waals surface area contributed by atoms with Crippen LogP contribution in [-0.2, 0) is 29.4 Å². The Morgan fingerprint density at radius 3 is 2.79 bits per heavy atom. The molecule has 0 N–H and O–H groups in total. The van der Waals surface area contributed by atoms with Gasteiger partial charge < -0.3 is 19.0 Å². The summed E-state index contributed by atoms with van der Waals surface area (Å²) in [6.07, 6.45) is 7.97. The van der Waals surface area contributed by atoms with Crippen LogP contribution < -0.4 is 0 Å². The summed E-state index contributed by atoms with van der Waals surface area (Å²) in [6, 6.07) is 6.14. The Morgan fingerprint density at radius 1 is 1.24 bits per heavy atom. The van der Waals surface area contributed by atoms with E-state index in [1.165, 1.54) is 41.4 Å². The summed E-state index contributed by atoms with van der Waals surface area (Å²) in [6.45, 7) is 2.41. The number of amides is 1. The van der Waals surface area contributed by atoms with Crippen LogP contribution in [0.15, 0.2) is 18.2 Å². The first-order chi connectivity index (χ1) is 14.1. The van der Waals surface area contributed by atoms with E-state index >= 15 is 0 Å². The number of aromatic nitrogens is 1. The molecule has 1 aliphatic carbocycles. The van der Waals surface area contributed by atoms with Crippen molar-refractivity contribution < 1.29 is 14.3 Å². The number of hydrogen-bond donors (Lipinski definition) is 0. The fraction of sp³-hybridized carbons (Fsp3) is 0.583. The molecule has 0 radical (unpaired) electrons. The van der Waals surface area contributed by atoms with Crippen LogP contribution in [0.25, 0.3) is 10.9 Å². The smallest absolute Gasteiger partial charge is 0.253 e. The van der Waals surface area contributed by atoms with Crippen LogP contribution in [0, 0.1) is 11.8 Å². The van der Waals surface area contributed by atoms with E-state index in [1.54, 1.807) is 4.90 Å². The second-order valence-electron chi connectivity index (χ2n) is 8.70. The predicted molar refractivity (Wildman–Crippen MR) is 114 cm³/mol. The van der Waals surface area contributed by atoms with Gasteiger partial charge in [-0.2, -0.15) is 0 Å². The molecule has 1 aromatic heterocycles. The number of fused-ring (bicyclic) bond motifs is 3. The Hall–Kier alpha value is -2.14. The lowest BCUT2D eigenvalue weighted by atomic mass is 9.75. The number of carbonyl (C=O) groups excluding carboxylic acids is 2. The molecular formula is C24H32N2O3. The van der Waals surface area contributed by atoms with E-state index in [9.17, 15) is 9.59 Å². The van der Waals surface area contributed by atoms with Gasteiger partial charge in [0.1, 0.15) is 6.29 Å². The molecule has 1 amide bonds. The highest BCUT2D eigenvalue weighted by Gasteiger charge is 2.31. The lowest BCUT2D eigenvalue weighted by molar-refractivity contribution is -0.108. The molecule has 1 atom stereocenters. The topological polar surface area (TPSA) is 51.5 Å². The highest BCUT2D eigenvalue weighted by molar-refractivity contribution is 5.99. The minimum absolute atomic E-state index is 0.0344. The normalized spacial score (nSPS) is 19.9. The third-order valence-corrected chi connectivity index (χ3v) is 7.00. The maximum Gasteiger partial charge on any atom is 0.253 e. The van der Waals surface area contributed by atoms with Gasteiger partial charge in [0.25, 0.3) is 5.91 Å². The van der Waals surface area contributed by atoms with Crippen LogP contribution >= 0.6 is 0 Å². The molecule has 5 nitrogen and oxygen atoms in total. The van der Waals surface area contributed by atoms with Crippen LogP contribution in [0.5, 0.6) is 0 Å². The first-order valence-corrected chi connectivity index (χ1v) is 11.0. The minimum atomic E-state index is 0.0344. The molecule has 1 saturated heterocycles. The fourth-order valence-electron chi connectivity index (χ4n) is 5.26. The van der Waals surface area contributed by atoms with Gasteiger partial charge in [0.05, 0.1) is 0 Å². The zero-order valence-electron chi connectivity index (χ0n) is 17.7. The van der Waals surface area contributed by atoms with Crippen LogP contribution in [0.1, 0.15) is 53.7 Å². The summed E-state index contributed by atoms with van der Waals surface area (Å²) in [4.78, 5) is 25.2. The van der Waals surface area contributed by atoms with E-state index in [1.807, 2.05) is 13.1 Å². The molecule has 29 heavy (non-hydrogen) atoms. The third kappa shape index (κ3) is 3.97. The van der Waals surface area contributed by atoms with Gasteiger partial charge in [-0.15, -0.1) is 0 Å². The SMILES string of the molecule is CN(CCCC=O)C(=O)c1ccc2c(c1)c1c(n2C)CC[C@@H](C2CCOCC2)C1. The maximum absolute atomic E-state index is 12.9. The van der Waals surface area contributed by atoms with Crippen LogP contribution in [0.3, 0.4) is 0 Å². The van der Waals surface area contributed by atoms with Crippen molar-refractivity contribution in [1.29, 1.82) is 0 Å². The van der Waals surface area contributed by atoms with Crippen LogP contribution in [0.2, 0.25) is 0 Å². The number of carbonyl (C=O) groups is 2.